The summed E-state index contributed by atoms with van der Waals surface area (Å²) >= 11 is 0. The van der Waals surface area contributed by atoms with E-state index < -0.39 is 0 Å². The Morgan fingerprint density at radius 3 is 2.55 bits per heavy atom. The summed E-state index contributed by atoms with van der Waals surface area (Å²) in [5, 5.41) is 6.21. The first kappa shape index (κ1) is 16.5. The van der Waals surface area contributed by atoms with Gasteiger partial charge in [0.2, 0.25) is 0 Å². The Kier molecular flexibility index (Phi) is 8.52. The van der Waals surface area contributed by atoms with Gasteiger partial charge >= 0.3 is 0 Å². The first-order valence-corrected chi connectivity index (χ1v) is 7.90. The minimum atomic E-state index is -0.00397. The summed E-state index contributed by atoms with van der Waals surface area (Å²) < 4.78 is 0. The van der Waals surface area contributed by atoms with Crippen molar-refractivity contribution in [2.75, 3.05) is 18.4 Å². The van der Waals surface area contributed by atoms with E-state index in [1.165, 1.54) is 38.5 Å². The Balaban J connectivity index is 2.26. The number of carbonyl (C=O) groups excluding carboxylic acids is 1. The molecular formula is C17H28N2O. The molecule has 0 bridgehead atoms. The third-order valence-electron chi connectivity index (χ3n) is 3.32. The molecule has 0 aliphatic carbocycles. The lowest BCUT2D eigenvalue weighted by Crippen LogP contribution is -2.22. The van der Waals surface area contributed by atoms with Crippen molar-refractivity contribution in [3.63, 3.8) is 0 Å². The second kappa shape index (κ2) is 10.3. The van der Waals surface area contributed by atoms with Gasteiger partial charge in [-0.2, -0.15) is 0 Å². The fourth-order valence-corrected chi connectivity index (χ4v) is 2.17. The zero-order valence-electron chi connectivity index (χ0n) is 12.9. The van der Waals surface area contributed by atoms with Gasteiger partial charge in [0.1, 0.15) is 0 Å². The van der Waals surface area contributed by atoms with Crippen LogP contribution in [0.2, 0.25) is 0 Å². The van der Waals surface area contributed by atoms with Gasteiger partial charge in [0.15, 0.2) is 0 Å². The zero-order valence-corrected chi connectivity index (χ0v) is 12.9. The van der Waals surface area contributed by atoms with Crippen LogP contribution >= 0.6 is 0 Å². The van der Waals surface area contributed by atoms with Gasteiger partial charge in [-0.05, 0) is 31.5 Å². The molecule has 3 nitrogen and oxygen atoms in total. The van der Waals surface area contributed by atoms with Gasteiger partial charge in [-0.15, -0.1) is 0 Å². The van der Waals surface area contributed by atoms with Crippen LogP contribution in [0.4, 0.5) is 5.69 Å². The highest BCUT2D eigenvalue weighted by Crippen LogP contribution is 2.11. The molecule has 1 amide bonds. The molecule has 0 radical (unpaired) electrons. The van der Waals surface area contributed by atoms with Crippen LogP contribution in [-0.2, 0) is 0 Å². The van der Waals surface area contributed by atoms with Crippen molar-refractivity contribution >= 4 is 11.6 Å². The summed E-state index contributed by atoms with van der Waals surface area (Å²) in [6.45, 7) is 5.81. The minimum absolute atomic E-state index is 0.00397. The molecule has 0 fully saturated rings. The van der Waals surface area contributed by atoms with Crippen LogP contribution in [0.3, 0.4) is 0 Å². The number of unbranched alkanes of at least 4 members (excludes halogenated alkanes) is 5. The molecule has 1 aromatic rings. The van der Waals surface area contributed by atoms with E-state index in [2.05, 4.69) is 17.6 Å². The molecule has 3 heteroatoms. The molecule has 0 aromatic heterocycles. The highest BCUT2D eigenvalue weighted by molar-refractivity contribution is 5.95. The van der Waals surface area contributed by atoms with E-state index in [9.17, 15) is 4.79 Å². The number of carbonyl (C=O) groups is 1. The molecule has 0 saturated heterocycles. The zero-order chi connectivity index (χ0) is 14.6. The van der Waals surface area contributed by atoms with E-state index in [-0.39, 0.29) is 5.91 Å². The molecule has 0 aliphatic rings. The maximum absolute atomic E-state index is 11.7. The summed E-state index contributed by atoms with van der Waals surface area (Å²) in [6.07, 6.45) is 7.79. The predicted octanol–water partition coefficient (Wildman–Crippen LogP) is 4.21. The van der Waals surface area contributed by atoms with Gasteiger partial charge in [0.25, 0.3) is 5.91 Å². The molecule has 112 valence electrons. The first-order chi connectivity index (χ1) is 9.77. The van der Waals surface area contributed by atoms with Gasteiger partial charge in [0.05, 0.1) is 0 Å². The van der Waals surface area contributed by atoms with E-state index in [4.69, 9.17) is 0 Å². The first-order valence-electron chi connectivity index (χ1n) is 7.90. The number of hydrogen-bond acceptors (Lipinski definition) is 2. The number of hydrogen-bond donors (Lipinski definition) is 2. The average Bonchev–Trinajstić information content (AvgIpc) is 2.47. The van der Waals surface area contributed by atoms with Crippen LogP contribution in [0.1, 0.15) is 62.7 Å². The topological polar surface area (TPSA) is 41.1 Å². The van der Waals surface area contributed by atoms with Crippen molar-refractivity contribution in [3.05, 3.63) is 29.8 Å². The molecule has 1 rings (SSSR count). The predicted molar refractivity (Wildman–Crippen MR) is 86.3 cm³/mol. The molecule has 0 heterocycles. The van der Waals surface area contributed by atoms with E-state index in [1.807, 2.05) is 31.2 Å². The third-order valence-corrected chi connectivity index (χ3v) is 3.32. The summed E-state index contributed by atoms with van der Waals surface area (Å²) in [7, 11) is 0. The van der Waals surface area contributed by atoms with Gasteiger partial charge in [0, 0.05) is 24.3 Å². The molecular weight excluding hydrogens is 248 g/mol. The Bertz CT molecular complexity index is 390. The van der Waals surface area contributed by atoms with E-state index in [0.717, 1.165) is 17.8 Å². The molecule has 2 N–H and O–H groups in total. The Hall–Kier alpha value is -1.51. The highest BCUT2D eigenvalue weighted by Gasteiger charge is 2.04. The molecule has 0 spiro atoms. The Morgan fingerprint density at radius 2 is 1.80 bits per heavy atom. The number of amides is 1. The standard InChI is InChI=1S/C17H28N2O/c1-3-5-6-7-8-9-13-19-16-12-10-11-15(14-16)17(20)18-4-2/h10-12,14,19H,3-9,13H2,1-2H3,(H,18,20). The van der Waals surface area contributed by atoms with Crippen molar-refractivity contribution in [2.45, 2.75) is 52.4 Å². The lowest BCUT2D eigenvalue weighted by atomic mass is 10.1. The summed E-state index contributed by atoms with van der Waals surface area (Å²) in [4.78, 5) is 11.7. The number of benzene rings is 1. The van der Waals surface area contributed by atoms with Crippen molar-refractivity contribution < 1.29 is 4.79 Å². The van der Waals surface area contributed by atoms with Crippen LogP contribution in [0.5, 0.6) is 0 Å². The van der Waals surface area contributed by atoms with Crippen molar-refractivity contribution in [2.24, 2.45) is 0 Å². The maximum atomic E-state index is 11.7. The van der Waals surface area contributed by atoms with E-state index in [0.29, 0.717) is 6.54 Å². The van der Waals surface area contributed by atoms with Gasteiger partial charge in [-0.1, -0.05) is 45.1 Å². The van der Waals surface area contributed by atoms with Gasteiger partial charge < -0.3 is 10.6 Å². The Morgan fingerprint density at radius 1 is 1.05 bits per heavy atom. The maximum Gasteiger partial charge on any atom is 0.251 e. The number of rotatable bonds is 10. The van der Waals surface area contributed by atoms with Crippen LogP contribution in [0, 0.1) is 0 Å². The monoisotopic (exact) mass is 276 g/mol. The largest absolute Gasteiger partial charge is 0.385 e. The van der Waals surface area contributed by atoms with E-state index >= 15 is 0 Å². The normalized spacial score (nSPS) is 10.3. The quantitative estimate of drug-likeness (QED) is 0.629. The number of nitrogens with one attached hydrogen (secondary N) is 2. The highest BCUT2D eigenvalue weighted by atomic mass is 16.1. The SMILES string of the molecule is CCCCCCCCNc1cccc(C(=O)NCC)c1. The third kappa shape index (κ3) is 6.60. The number of anilines is 1. The van der Waals surface area contributed by atoms with Crippen LogP contribution in [-0.4, -0.2) is 19.0 Å². The molecule has 1 aromatic carbocycles. The molecule has 0 aliphatic heterocycles. The van der Waals surface area contributed by atoms with Crippen LogP contribution < -0.4 is 10.6 Å². The fraction of sp³-hybridized carbons (Fsp3) is 0.588. The summed E-state index contributed by atoms with van der Waals surface area (Å²) in [5.41, 5.74) is 1.75. The lowest BCUT2D eigenvalue weighted by molar-refractivity contribution is 0.0956. The Labute approximate surface area is 123 Å². The fourth-order valence-electron chi connectivity index (χ4n) is 2.17. The lowest BCUT2D eigenvalue weighted by Gasteiger charge is -2.08. The van der Waals surface area contributed by atoms with Crippen LogP contribution in [0.25, 0.3) is 0 Å². The van der Waals surface area contributed by atoms with Crippen molar-refractivity contribution in [1.82, 2.24) is 5.32 Å². The minimum Gasteiger partial charge on any atom is -0.385 e. The van der Waals surface area contributed by atoms with Gasteiger partial charge in [-0.3, -0.25) is 4.79 Å². The summed E-state index contributed by atoms with van der Waals surface area (Å²) in [5.74, 6) is -0.00397. The van der Waals surface area contributed by atoms with E-state index in [1.54, 1.807) is 0 Å². The van der Waals surface area contributed by atoms with Crippen LogP contribution in [0.15, 0.2) is 24.3 Å². The molecule has 0 saturated carbocycles. The molecule has 0 atom stereocenters. The molecule has 0 unspecified atom stereocenters. The van der Waals surface area contributed by atoms with Crippen molar-refractivity contribution in [3.8, 4) is 0 Å². The van der Waals surface area contributed by atoms with Crippen molar-refractivity contribution in [1.29, 1.82) is 0 Å². The average molecular weight is 276 g/mol. The smallest absolute Gasteiger partial charge is 0.251 e. The second-order valence-electron chi connectivity index (χ2n) is 5.13. The summed E-state index contributed by atoms with van der Waals surface area (Å²) in [6, 6.07) is 7.71. The molecule has 20 heavy (non-hydrogen) atoms. The second-order valence-corrected chi connectivity index (χ2v) is 5.13. The van der Waals surface area contributed by atoms with Gasteiger partial charge in [-0.25, -0.2) is 0 Å².